The second-order valence-electron chi connectivity index (χ2n) is 6.46. The Bertz CT molecular complexity index is 303. The summed E-state index contributed by atoms with van der Waals surface area (Å²) in [5, 5.41) is 3.07. The summed E-state index contributed by atoms with van der Waals surface area (Å²) in [6.45, 7) is 11.6. The summed E-state index contributed by atoms with van der Waals surface area (Å²) in [6.07, 6.45) is 5.11. The summed E-state index contributed by atoms with van der Waals surface area (Å²) in [6, 6.07) is 0.650. The summed E-state index contributed by atoms with van der Waals surface area (Å²) in [5.74, 6) is 0.104. The molecule has 1 heterocycles. The fourth-order valence-electron chi connectivity index (χ4n) is 3.64. The van der Waals surface area contributed by atoms with E-state index in [1.807, 2.05) is 0 Å². The zero-order chi connectivity index (χ0) is 13.9. The number of carbonyl (C=O) groups excluding carboxylic acids is 1. The van der Waals surface area contributed by atoms with E-state index in [2.05, 4.69) is 29.0 Å². The lowest BCUT2D eigenvalue weighted by atomic mass is 9.93. The van der Waals surface area contributed by atoms with Gasteiger partial charge in [-0.3, -0.25) is 14.6 Å². The number of hydrogen-bond donors (Lipinski definition) is 1. The number of nitrogens with one attached hydrogen (secondary N) is 1. The van der Waals surface area contributed by atoms with Crippen molar-refractivity contribution in [2.45, 2.75) is 58.0 Å². The Labute approximate surface area is 117 Å². The van der Waals surface area contributed by atoms with Crippen LogP contribution in [-0.2, 0) is 4.79 Å². The van der Waals surface area contributed by atoms with Gasteiger partial charge in [0.1, 0.15) is 0 Å². The Kier molecular flexibility index (Phi) is 4.85. The van der Waals surface area contributed by atoms with Crippen molar-refractivity contribution in [1.29, 1.82) is 0 Å². The highest BCUT2D eigenvalue weighted by Crippen LogP contribution is 2.35. The molecule has 2 fully saturated rings. The van der Waals surface area contributed by atoms with Crippen molar-refractivity contribution in [2.75, 3.05) is 32.7 Å². The minimum atomic E-state index is 0.104. The van der Waals surface area contributed by atoms with Crippen LogP contribution < -0.4 is 5.32 Å². The number of nitrogens with zero attached hydrogens (tertiary/aromatic N) is 2. The molecule has 19 heavy (non-hydrogen) atoms. The van der Waals surface area contributed by atoms with Crippen LogP contribution in [0.5, 0.6) is 0 Å². The van der Waals surface area contributed by atoms with Gasteiger partial charge in [-0.25, -0.2) is 0 Å². The molecule has 0 spiro atoms. The van der Waals surface area contributed by atoms with Gasteiger partial charge in [-0.05, 0) is 26.7 Å². The molecule has 0 aromatic rings. The van der Waals surface area contributed by atoms with Gasteiger partial charge in [-0.2, -0.15) is 0 Å². The highest BCUT2D eigenvalue weighted by atomic mass is 16.1. The number of hydrogen-bond acceptors (Lipinski definition) is 3. The van der Waals surface area contributed by atoms with Gasteiger partial charge in [0.15, 0.2) is 0 Å². The van der Waals surface area contributed by atoms with Gasteiger partial charge in [-0.15, -0.1) is 0 Å². The van der Waals surface area contributed by atoms with Crippen molar-refractivity contribution in [3.8, 4) is 0 Å². The SMILES string of the molecule is CC(=O)NCC1(N2CCN(C(C)C)CC2)CCCC1. The largest absolute Gasteiger partial charge is 0.354 e. The minimum Gasteiger partial charge on any atom is -0.354 e. The molecule has 0 radical (unpaired) electrons. The van der Waals surface area contributed by atoms with Gasteiger partial charge in [0.2, 0.25) is 5.91 Å². The van der Waals surface area contributed by atoms with E-state index in [9.17, 15) is 4.79 Å². The average molecular weight is 267 g/mol. The predicted octanol–water partition coefficient (Wildman–Crippen LogP) is 1.46. The fraction of sp³-hybridized carbons (Fsp3) is 0.933. The zero-order valence-electron chi connectivity index (χ0n) is 12.7. The molecule has 1 saturated heterocycles. The molecule has 1 N–H and O–H groups in total. The maximum atomic E-state index is 11.2. The molecule has 0 bridgehead atoms. The van der Waals surface area contributed by atoms with Gasteiger partial charge in [0.05, 0.1) is 0 Å². The summed E-state index contributed by atoms with van der Waals surface area (Å²) < 4.78 is 0. The van der Waals surface area contributed by atoms with Crippen LogP contribution in [0.3, 0.4) is 0 Å². The molecule has 1 saturated carbocycles. The smallest absolute Gasteiger partial charge is 0.216 e. The second kappa shape index (κ2) is 6.23. The molecule has 0 atom stereocenters. The van der Waals surface area contributed by atoms with Crippen molar-refractivity contribution in [2.24, 2.45) is 0 Å². The summed E-state index contributed by atoms with van der Waals surface area (Å²) >= 11 is 0. The van der Waals surface area contributed by atoms with Gasteiger partial charge >= 0.3 is 0 Å². The van der Waals surface area contributed by atoms with E-state index < -0.39 is 0 Å². The highest BCUT2D eigenvalue weighted by Gasteiger charge is 2.40. The van der Waals surface area contributed by atoms with Crippen molar-refractivity contribution < 1.29 is 4.79 Å². The van der Waals surface area contributed by atoms with Crippen LogP contribution in [0.15, 0.2) is 0 Å². The van der Waals surface area contributed by atoms with E-state index in [1.54, 1.807) is 6.92 Å². The van der Waals surface area contributed by atoms with Crippen LogP contribution in [0, 0.1) is 0 Å². The van der Waals surface area contributed by atoms with E-state index in [4.69, 9.17) is 0 Å². The Hall–Kier alpha value is -0.610. The van der Waals surface area contributed by atoms with Crippen molar-refractivity contribution in [1.82, 2.24) is 15.1 Å². The van der Waals surface area contributed by atoms with Crippen molar-refractivity contribution >= 4 is 5.91 Å². The average Bonchev–Trinajstić information content (AvgIpc) is 2.86. The maximum absolute atomic E-state index is 11.2. The predicted molar refractivity (Wildman–Crippen MR) is 78.2 cm³/mol. The molecule has 0 unspecified atom stereocenters. The van der Waals surface area contributed by atoms with Crippen LogP contribution in [-0.4, -0.2) is 60.0 Å². The lowest BCUT2D eigenvalue weighted by Crippen LogP contribution is -2.60. The molecule has 1 aliphatic carbocycles. The van der Waals surface area contributed by atoms with E-state index in [0.29, 0.717) is 6.04 Å². The summed E-state index contributed by atoms with van der Waals surface area (Å²) in [4.78, 5) is 16.4. The number of carbonyl (C=O) groups is 1. The van der Waals surface area contributed by atoms with Gasteiger partial charge in [0.25, 0.3) is 0 Å². The lowest BCUT2D eigenvalue weighted by Gasteiger charge is -2.47. The maximum Gasteiger partial charge on any atom is 0.216 e. The van der Waals surface area contributed by atoms with Gasteiger partial charge in [0, 0.05) is 51.2 Å². The van der Waals surface area contributed by atoms with Gasteiger partial charge in [-0.1, -0.05) is 12.8 Å². The third-order valence-corrected chi connectivity index (χ3v) is 4.92. The third kappa shape index (κ3) is 3.48. The fourth-order valence-corrected chi connectivity index (χ4v) is 3.64. The molecule has 2 rings (SSSR count). The molecule has 1 amide bonds. The molecule has 110 valence electrons. The number of amides is 1. The van der Waals surface area contributed by atoms with Crippen LogP contribution >= 0.6 is 0 Å². The van der Waals surface area contributed by atoms with Crippen LogP contribution in [0.1, 0.15) is 46.5 Å². The Morgan fingerprint density at radius 1 is 1.16 bits per heavy atom. The highest BCUT2D eigenvalue weighted by molar-refractivity contribution is 5.72. The standard InChI is InChI=1S/C15H29N3O/c1-13(2)17-8-10-18(11-9-17)15(6-4-5-7-15)12-16-14(3)19/h13H,4-12H2,1-3H3,(H,16,19). The molecular weight excluding hydrogens is 238 g/mol. The molecule has 0 aromatic heterocycles. The lowest BCUT2D eigenvalue weighted by molar-refractivity contribution is -0.119. The normalized spacial score (nSPS) is 24.8. The Balaban J connectivity index is 1.95. The van der Waals surface area contributed by atoms with E-state index in [-0.39, 0.29) is 11.4 Å². The molecule has 1 aliphatic heterocycles. The van der Waals surface area contributed by atoms with E-state index in [0.717, 1.165) is 19.6 Å². The second-order valence-corrected chi connectivity index (χ2v) is 6.46. The first-order valence-corrected chi connectivity index (χ1v) is 7.77. The quantitative estimate of drug-likeness (QED) is 0.837. The van der Waals surface area contributed by atoms with Crippen molar-refractivity contribution in [3.05, 3.63) is 0 Å². The molecular formula is C15H29N3O. The van der Waals surface area contributed by atoms with E-state index in [1.165, 1.54) is 38.8 Å². The van der Waals surface area contributed by atoms with Crippen LogP contribution in [0.25, 0.3) is 0 Å². The Morgan fingerprint density at radius 3 is 2.21 bits per heavy atom. The third-order valence-electron chi connectivity index (χ3n) is 4.92. The molecule has 4 nitrogen and oxygen atoms in total. The van der Waals surface area contributed by atoms with E-state index >= 15 is 0 Å². The topological polar surface area (TPSA) is 35.6 Å². The first kappa shape index (κ1) is 14.8. The monoisotopic (exact) mass is 267 g/mol. The summed E-state index contributed by atoms with van der Waals surface area (Å²) in [5.41, 5.74) is 0.245. The first-order valence-electron chi connectivity index (χ1n) is 7.77. The Morgan fingerprint density at radius 2 is 1.74 bits per heavy atom. The molecule has 4 heteroatoms. The van der Waals surface area contributed by atoms with Crippen LogP contribution in [0.4, 0.5) is 0 Å². The van der Waals surface area contributed by atoms with Crippen molar-refractivity contribution in [3.63, 3.8) is 0 Å². The number of piperazine rings is 1. The molecule has 0 aromatic carbocycles. The molecule has 2 aliphatic rings. The van der Waals surface area contributed by atoms with Crippen LogP contribution in [0.2, 0.25) is 0 Å². The number of rotatable bonds is 4. The minimum absolute atomic E-state index is 0.104. The van der Waals surface area contributed by atoms with Gasteiger partial charge < -0.3 is 5.32 Å². The first-order chi connectivity index (χ1) is 9.03. The zero-order valence-corrected chi connectivity index (χ0v) is 12.7. The summed E-state index contributed by atoms with van der Waals surface area (Å²) in [7, 11) is 0.